The van der Waals surface area contributed by atoms with Gasteiger partial charge in [-0.05, 0) is 24.8 Å². The first kappa shape index (κ1) is 9.68. The lowest BCUT2D eigenvalue weighted by Crippen LogP contribution is -2.21. The van der Waals surface area contributed by atoms with Crippen LogP contribution < -0.4 is 5.73 Å². The molecule has 1 saturated carbocycles. The van der Waals surface area contributed by atoms with Crippen molar-refractivity contribution in [3.63, 3.8) is 0 Å². The molecule has 78 valence electrons. The van der Waals surface area contributed by atoms with E-state index >= 15 is 0 Å². The number of hydrogen-bond acceptors (Lipinski definition) is 3. The fourth-order valence-corrected chi connectivity index (χ4v) is 2.02. The molecule has 0 aromatic carbocycles. The molecule has 0 bridgehead atoms. The molecule has 4 nitrogen and oxygen atoms in total. The maximum atomic E-state index is 9.25. The van der Waals surface area contributed by atoms with Gasteiger partial charge >= 0.3 is 0 Å². The van der Waals surface area contributed by atoms with Crippen LogP contribution in [-0.4, -0.2) is 28.0 Å². The highest BCUT2D eigenvalue weighted by molar-refractivity contribution is 5.26. The van der Waals surface area contributed by atoms with Gasteiger partial charge in [0.1, 0.15) is 0 Å². The summed E-state index contributed by atoms with van der Waals surface area (Å²) in [7, 11) is 0. The summed E-state index contributed by atoms with van der Waals surface area (Å²) in [6, 6.07) is 0. The molecule has 1 heterocycles. The molecule has 0 radical (unpaired) electrons. The molecular formula is C10H17N3O. The molecule has 1 fully saturated rings. The minimum absolute atomic E-state index is 0.0540. The van der Waals surface area contributed by atoms with Crippen LogP contribution in [-0.2, 0) is 6.54 Å². The second-order valence-corrected chi connectivity index (χ2v) is 4.11. The fourth-order valence-electron chi connectivity index (χ4n) is 2.02. The summed E-state index contributed by atoms with van der Waals surface area (Å²) in [4.78, 5) is 0. The summed E-state index contributed by atoms with van der Waals surface area (Å²) >= 11 is 0. The van der Waals surface area contributed by atoms with Crippen LogP contribution in [0.15, 0.2) is 12.4 Å². The number of nitrogens with two attached hydrogens (primary N) is 1. The van der Waals surface area contributed by atoms with Crippen LogP contribution in [0.4, 0.5) is 0 Å². The zero-order valence-corrected chi connectivity index (χ0v) is 8.48. The number of aryl methyl sites for hydroxylation is 1. The first-order valence-electron chi connectivity index (χ1n) is 5.09. The van der Waals surface area contributed by atoms with Crippen molar-refractivity contribution in [3.8, 4) is 0 Å². The Hall–Kier alpha value is -0.870. The van der Waals surface area contributed by atoms with Crippen molar-refractivity contribution in [2.24, 2.45) is 11.1 Å². The molecule has 1 aliphatic rings. The molecule has 0 aliphatic heterocycles. The molecule has 2 rings (SSSR count). The number of aliphatic hydroxyl groups is 1. The van der Waals surface area contributed by atoms with Crippen LogP contribution in [0.2, 0.25) is 0 Å². The third-order valence-corrected chi connectivity index (χ3v) is 3.29. The number of hydrogen-bond donors (Lipinski definition) is 2. The molecule has 14 heavy (non-hydrogen) atoms. The highest BCUT2D eigenvalue weighted by Crippen LogP contribution is 2.58. The minimum Gasteiger partial charge on any atom is -0.396 e. The monoisotopic (exact) mass is 195 g/mol. The zero-order chi connectivity index (χ0) is 10.2. The van der Waals surface area contributed by atoms with Gasteiger partial charge < -0.3 is 10.8 Å². The Labute approximate surface area is 83.7 Å². The first-order valence-corrected chi connectivity index (χ1v) is 5.09. The van der Waals surface area contributed by atoms with Gasteiger partial charge in [0, 0.05) is 24.7 Å². The van der Waals surface area contributed by atoms with Crippen LogP contribution in [0.3, 0.4) is 0 Å². The standard InChI is InChI=1S/C10H17N3O/c1-2-13-5-8(4-12-13)9-3-10(9,6-11)7-14/h4-5,9,14H,2-3,6-7,11H2,1H3. The van der Waals surface area contributed by atoms with E-state index in [0.717, 1.165) is 13.0 Å². The van der Waals surface area contributed by atoms with Gasteiger partial charge in [0.15, 0.2) is 0 Å². The Kier molecular flexibility index (Phi) is 2.33. The predicted molar refractivity (Wildman–Crippen MR) is 53.8 cm³/mol. The fraction of sp³-hybridized carbons (Fsp3) is 0.700. The maximum Gasteiger partial charge on any atom is 0.0524 e. The number of nitrogens with zero attached hydrogens (tertiary/aromatic N) is 2. The van der Waals surface area contributed by atoms with E-state index in [-0.39, 0.29) is 12.0 Å². The molecule has 4 heteroatoms. The van der Waals surface area contributed by atoms with Gasteiger partial charge in [0.25, 0.3) is 0 Å². The van der Waals surface area contributed by atoms with Gasteiger partial charge in [-0.3, -0.25) is 4.68 Å². The molecule has 1 aromatic rings. The molecule has 2 unspecified atom stereocenters. The number of rotatable bonds is 4. The van der Waals surface area contributed by atoms with Gasteiger partial charge in [0.05, 0.1) is 12.8 Å². The minimum atomic E-state index is -0.0540. The molecule has 1 aliphatic carbocycles. The highest BCUT2D eigenvalue weighted by Gasteiger charge is 2.53. The van der Waals surface area contributed by atoms with Crippen molar-refractivity contribution in [1.29, 1.82) is 0 Å². The Bertz CT molecular complexity index is 317. The first-order chi connectivity index (χ1) is 6.75. The summed E-state index contributed by atoms with van der Waals surface area (Å²) < 4.78 is 1.91. The average molecular weight is 195 g/mol. The highest BCUT2D eigenvalue weighted by atomic mass is 16.3. The van der Waals surface area contributed by atoms with Crippen LogP contribution in [0.5, 0.6) is 0 Å². The van der Waals surface area contributed by atoms with Crippen LogP contribution in [0.1, 0.15) is 24.8 Å². The van der Waals surface area contributed by atoms with E-state index in [2.05, 4.69) is 18.2 Å². The van der Waals surface area contributed by atoms with Crippen LogP contribution in [0, 0.1) is 5.41 Å². The summed E-state index contributed by atoms with van der Waals surface area (Å²) in [5, 5.41) is 13.5. The topological polar surface area (TPSA) is 64.1 Å². The Morgan fingerprint density at radius 3 is 3.00 bits per heavy atom. The van der Waals surface area contributed by atoms with Crippen molar-refractivity contribution in [3.05, 3.63) is 18.0 Å². The average Bonchev–Trinajstić information content (AvgIpc) is 2.78. The van der Waals surface area contributed by atoms with Crippen LogP contribution in [0.25, 0.3) is 0 Å². The molecule has 1 aromatic heterocycles. The van der Waals surface area contributed by atoms with Gasteiger partial charge in [-0.1, -0.05) is 0 Å². The second kappa shape index (κ2) is 3.37. The molecule has 3 N–H and O–H groups in total. The zero-order valence-electron chi connectivity index (χ0n) is 8.48. The van der Waals surface area contributed by atoms with E-state index in [1.165, 1.54) is 5.56 Å². The van der Waals surface area contributed by atoms with E-state index in [9.17, 15) is 5.11 Å². The molecule has 0 saturated heterocycles. The van der Waals surface area contributed by atoms with Gasteiger partial charge in [-0.15, -0.1) is 0 Å². The Morgan fingerprint density at radius 2 is 2.57 bits per heavy atom. The quantitative estimate of drug-likeness (QED) is 0.727. The van der Waals surface area contributed by atoms with Gasteiger partial charge in [0.2, 0.25) is 0 Å². The molecular weight excluding hydrogens is 178 g/mol. The predicted octanol–water partition coefficient (Wildman–Crippen LogP) is 0.328. The number of aromatic nitrogens is 2. The Balaban J connectivity index is 2.11. The summed E-state index contributed by atoms with van der Waals surface area (Å²) in [5.41, 5.74) is 6.82. The van der Waals surface area contributed by atoms with E-state index in [0.29, 0.717) is 12.5 Å². The van der Waals surface area contributed by atoms with Crippen LogP contribution >= 0.6 is 0 Å². The van der Waals surface area contributed by atoms with Crippen molar-refractivity contribution in [1.82, 2.24) is 9.78 Å². The van der Waals surface area contributed by atoms with E-state index in [1.54, 1.807) is 0 Å². The van der Waals surface area contributed by atoms with E-state index in [4.69, 9.17) is 5.73 Å². The molecule has 0 amide bonds. The maximum absolute atomic E-state index is 9.25. The van der Waals surface area contributed by atoms with Gasteiger partial charge in [-0.2, -0.15) is 5.10 Å². The summed E-state index contributed by atoms with van der Waals surface area (Å²) in [5.74, 6) is 0.415. The third-order valence-electron chi connectivity index (χ3n) is 3.29. The lowest BCUT2D eigenvalue weighted by atomic mass is 10.0. The van der Waals surface area contributed by atoms with E-state index in [1.807, 2.05) is 10.9 Å². The van der Waals surface area contributed by atoms with Crippen molar-refractivity contribution < 1.29 is 5.11 Å². The van der Waals surface area contributed by atoms with Crippen molar-refractivity contribution in [2.45, 2.75) is 25.8 Å². The van der Waals surface area contributed by atoms with Crippen molar-refractivity contribution >= 4 is 0 Å². The molecule has 0 spiro atoms. The SMILES string of the molecule is CCn1cc(C2CC2(CN)CO)cn1. The smallest absolute Gasteiger partial charge is 0.0524 e. The van der Waals surface area contributed by atoms with E-state index < -0.39 is 0 Å². The third kappa shape index (κ3) is 1.35. The number of aliphatic hydroxyl groups excluding tert-OH is 1. The largest absolute Gasteiger partial charge is 0.396 e. The van der Waals surface area contributed by atoms with Crippen molar-refractivity contribution in [2.75, 3.05) is 13.2 Å². The normalized spacial score (nSPS) is 30.6. The Morgan fingerprint density at radius 1 is 1.79 bits per heavy atom. The lowest BCUT2D eigenvalue weighted by molar-refractivity contribution is 0.211. The van der Waals surface area contributed by atoms with Gasteiger partial charge in [-0.25, -0.2) is 0 Å². The second-order valence-electron chi connectivity index (χ2n) is 4.11. The summed E-state index contributed by atoms with van der Waals surface area (Å²) in [6.45, 7) is 3.70. The lowest BCUT2D eigenvalue weighted by Gasteiger charge is -2.09. The molecule has 2 atom stereocenters. The summed E-state index contributed by atoms with van der Waals surface area (Å²) in [6.07, 6.45) is 4.94.